The van der Waals surface area contributed by atoms with Gasteiger partial charge in [-0.25, -0.2) is 8.42 Å². The summed E-state index contributed by atoms with van der Waals surface area (Å²) in [7, 11) is -0.327. The van der Waals surface area contributed by atoms with Crippen LogP contribution in [0.2, 0.25) is 0 Å². The predicted octanol–water partition coefficient (Wildman–Crippen LogP) is 0.445. The second-order valence-electron chi connectivity index (χ2n) is 7.68. The first-order valence-corrected chi connectivity index (χ1v) is 10.6. The largest absolute Gasteiger partial charge is 0.341 e. The second kappa shape index (κ2) is 6.94. The lowest BCUT2D eigenvalue weighted by Crippen LogP contribution is -2.53. The number of aromatic nitrogens is 2. The highest BCUT2D eigenvalue weighted by Crippen LogP contribution is 2.29. The number of carbonyl (C=O) groups is 1. The van der Waals surface area contributed by atoms with E-state index >= 15 is 0 Å². The van der Waals surface area contributed by atoms with Crippen LogP contribution in [0.5, 0.6) is 0 Å². The van der Waals surface area contributed by atoms with E-state index in [9.17, 15) is 13.2 Å². The van der Waals surface area contributed by atoms with E-state index in [2.05, 4.69) is 15.1 Å². The fourth-order valence-corrected chi connectivity index (χ4v) is 5.95. The van der Waals surface area contributed by atoms with Gasteiger partial charge in [-0.15, -0.1) is 0 Å². The third-order valence-electron chi connectivity index (χ3n) is 5.76. The van der Waals surface area contributed by atoms with Gasteiger partial charge in [-0.2, -0.15) is 9.82 Å². The van der Waals surface area contributed by atoms with E-state index in [0.29, 0.717) is 23.5 Å². The lowest BCUT2D eigenvalue weighted by molar-refractivity contribution is -0.134. The van der Waals surface area contributed by atoms with Crippen molar-refractivity contribution in [2.75, 3.05) is 7.05 Å². The van der Waals surface area contributed by atoms with Crippen LogP contribution in [0.1, 0.15) is 44.0 Å². The van der Waals surface area contributed by atoms with Gasteiger partial charge in [0.25, 0.3) is 0 Å². The minimum atomic E-state index is -3.81. The highest BCUT2D eigenvalue weighted by atomic mass is 32.2. The van der Waals surface area contributed by atoms with Crippen molar-refractivity contribution < 1.29 is 13.2 Å². The van der Waals surface area contributed by atoms with Crippen LogP contribution in [0.3, 0.4) is 0 Å². The van der Waals surface area contributed by atoms with Crippen LogP contribution in [0.15, 0.2) is 4.90 Å². The molecule has 1 aromatic heterocycles. The maximum atomic E-state index is 12.8. The Bertz CT molecular complexity index is 792. The molecule has 0 aliphatic carbocycles. The molecular weight excluding hydrogens is 354 g/mol. The first-order chi connectivity index (χ1) is 12.1. The monoisotopic (exact) mass is 383 g/mol. The quantitative estimate of drug-likeness (QED) is 0.769. The van der Waals surface area contributed by atoms with Gasteiger partial charge in [-0.1, -0.05) is 0 Å². The molecule has 1 amide bonds. The summed E-state index contributed by atoms with van der Waals surface area (Å²) >= 11 is 0. The van der Waals surface area contributed by atoms with E-state index in [1.54, 1.807) is 39.8 Å². The number of amides is 1. The lowest BCUT2D eigenvalue weighted by Gasteiger charge is -2.36. The number of hydrogen-bond donors (Lipinski definition) is 2. The van der Waals surface area contributed by atoms with Crippen LogP contribution in [-0.4, -0.2) is 60.2 Å². The molecule has 3 atom stereocenters. The molecule has 0 aromatic carbocycles. The van der Waals surface area contributed by atoms with Crippen LogP contribution in [0.4, 0.5) is 0 Å². The van der Waals surface area contributed by atoms with Gasteiger partial charge in [0.05, 0.1) is 17.4 Å². The molecule has 0 radical (unpaired) electrons. The van der Waals surface area contributed by atoms with Crippen LogP contribution < -0.4 is 10.0 Å². The Morgan fingerprint density at radius 1 is 1.31 bits per heavy atom. The summed E-state index contributed by atoms with van der Waals surface area (Å²) in [4.78, 5) is 14.7. The number of rotatable bonds is 5. The Labute approximate surface area is 155 Å². The number of hydrogen-bond acceptors (Lipinski definition) is 5. The van der Waals surface area contributed by atoms with E-state index in [-0.39, 0.29) is 16.8 Å². The molecule has 2 aliphatic heterocycles. The number of aryl methyl sites for hydroxylation is 2. The Balaban J connectivity index is 1.70. The SMILES string of the molecule is Cc1nn(C)c(C)c1S(=O)(=O)NC(C)C(=O)N(C)C1CC2CCC(C1)N2. The molecule has 1 aromatic rings. The number of carbonyl (C=O) groups excluding carboxylic acids is 1. The van der Waals surface area contributed by atoms with Crippen LogP contribution in [-0.2, 0) is 21.9 Å². The first kappa shape index (κ1) is 19.3. The average Bonchev–Trinajstić information content (AvgIpc) is 3.03. The van der Waals surface area contributed by atoms with Crippen molar-refractivity contribution >= 4 is 15.9 Å². The fraction of sp³-hybridized carbons (Fsp3) is 0.765. The van der Waals surface area contributed by atoms with Crippen molar-refractivity contribution in [1.29, 1.82) is 0 Å². The molecule has 2 N–H and O–H groups in total. The third-order valence-corrected chi connectivity index (χ3v) is 7.55. The minimum absolute atomic E-state index is 0.155. The van der Waals surface area contributed by atoms with Gasteiger partial charge in [0, 0.05) is 32.2 Å². The van der Waals surface area contributed by atoms with E-state index in [1.165, 1.54) is 4.68 Å². The van der Waals surface area contributed by atoms with E-state index in [1.807, 2.05) is 0 Å². The highest BCUT2D eigenvalue weighted by Gasteiger charge is 2.38. The van der Waals surface area contributed by atoms with Crippen molar-refractivity contribution in [2.45, 2.75) is 75.5 Å². The molecule has 9 heteroatoms. The Hall–Kier alpha value is -1.45. The fourth-order valence-electron chi connectivity index (χ4n) is 4.31. The molecule has 0 spiro atoms. The number of nitrogens with zero attached hydrogens (tertiary/aromatic N) is 3. The summed E-state index contributed by atoms with van der Waals surface area (Å²) < 4.78 is 29.6. The third kappa shape index (κ3) is 3.52. The van der Waals surface area contributed by atoms with Crippen molar-refractivity contribution in [1.82, 2.24) is 24.7 Å². The molecule has 2 saturated heterocycles. The van der Waals surface area contributed by atoms with Gasteiger partial charge in [-0.05, 0) is 46.5 Å². The molecule has 3 heterocycles. The Morgan fingerprint density at radius 2 is 1.88 bits per heavy atom. The number of fused-ring (bicyclic) bond motifs is 2. The van der Waals surface area contributed by atoms with Gasteiger partial charge < -0.3 is 10.2 Å². The van der Waals surface area contributed by atoms with Crippen LogP contribution in [0.25, 0.3) is 0 Å². The predicted molar refractivity (Wildman–Crippen MR) is 98.2 cm³/mol. The van der Waals surface area contributed by atoms with E-state index in [4.69, 9.17) is 0 Å². The van der Waals surface area contributed by atoms with Crippen LogP contribution >= 0.6 is 0 Å². The maximum absolute atomic E-state index is 12.8. The lowest BCUT2D eigenvalue weighted by atomic mass is 9.98. The van der Waals surface area contributed by atoms with E-state index < -0.39 is 16.1 Å². The zero-order valence-electron chi connectivity index (χ0n) is 16.1. The van der Waals surface area contributed by atoms with Gasteiger partial charge in [0.15, 0.2) is 0 Å². The van der Waals surface area contributed by atoms with Crippen LogP contribution in [0, 0.1) is 13.8 Å². The van der Waals surface area contributed by atoms with Gasteiger partial charge >= 0.3 is 0 Å². The van der Waals surface area contributed by atoms with Crippen molar-refractivity contribution in [3.05, 3.63) is 11.4 Å². The number of sulfonamides is 1. The van der Waals surface area contributed by atoms with Crippen molar-refractivity contribution in [3.8, 4) is 0 Å². The standard InChI is InChI=1S/C17H29N5O3S/c1-10-16(12(3)22(5)19-10)26(24,25)20-11(2)17(23)21(4)15-8-13-6-7-14(9-15)18-13/h11,13-15,18,20H,6-9H2,1-5H3. The first-order valence-electron chi connectivity index (χ1n) is 9.15. The second-order valence-corrected chi connectivity index (χ2v) is 9.33. The summed E-state index contributed by atoms with van der Waals surface area (Å²) in [5.74, 6) is -0.195. The number of nitrogens with one attached hydrogen (secondary N) is 2. The summed E-state index contributed by atoms with van der Waals surface area (Å²) in [6, 6.07) is 0.287. The molecule has 2 aliphatic rings. The highest BCUT2D eigenvalue weighted by molar-refractivity contribution is 7.89. The summed E-state index contributed by atoms with van der Waals surface area (Å²) in [6.07, 6.45) is 4.17. The smallest absolute Gasteiger partial charge is 0.244 e. The molecule has 26 heavy (non-hydrogen) atoms. The zero-order valence-corrected chi connectivity index (χ0v) is 16.9. The Kier molecular flexibility index (Phi) is 5.15. The number of piperidine rings is 1. The molecule has 3 unspecified atom stereocenters. The summed E-state index contributed by atoms with van der Waals surface area (Å²) in [5.41, 5.74) is 0.985. The number of likely N-dealkylation sites (N-methyl/N-ethyl adjacent to an activating group) is 1. The van der Waals surface area contributed by atoms with Gasteiger partial charge in [0.2, 0.25) is 15.9 Å². The zero-order chi connectivity index (χ0) is 19.2. The molecular formula is C17H29N5O3S. The minimum Gasteiger partial charge on any atom is -0.341 e. The molecule has 0 saturated carbocycles. The summed E-state index contributed by atoms with van der Waals surface area (Å²) in [6.45, 7) is 4.97. The molecule has 3 rings (SSSR count). The van der Waals surface area contributed by atoms with Gasteiger partial charge in [-0.3, -0.25) is 9.48 Å². The normalized spacial score (nSPS) is 26.7. The molecule has 8 nitrogen and oxygen atoms in total. The van der Waals surface area contributed by atoms with E-state index in [0.717, 1.165) is 25.7 Å². The topological polar surface area (TPSA) is 96.3 Å². The molecule has 146 valence electrons. The average molecular weight is 384 g/mol. The van der Waals surface area contributed by atoms with Crippen molar-refractivity contribution in [2.24, 2.45) is 7.05 Å². The van der Waals surface area contributed by atoms with Gasteiger partial charge in [0.1, 0.15) is 4.90 Å². The molecule has 2 bridgehead atoms. The Morgan fingerprint density at radius 3 is 2.38 bits per heavy atom. The summed E-state index contributed by atoms with van der Waals surface area (Å²) in [5, 5.41) is 7.72. The maximum Gasteiger partial charge on any atom is 0.244 e. The molecule has 2 fully saturated rings. The van der Waals surface area contributed by atoms with Crippen molar-refractivity contribution in [3.63, 3.8) is 0 Å².